The number of hydrogen-bond donors (Lipinski definition) is 0. The zero-order valence-corrected chi connectivity index (χ0v) is 16.1. The molecule has 3 rings (SSSR count). The Hall–Kier alpha value is -3.35. The Morgan fingerprint density at radius 2 is 1.90 bits per heavy atom. The van der Waals surface area contributed by atoms with Crippen molar-refractivity contribution in [2.24, 2.45) is 0 Å². The monoisotopic (exact) mass is 416 g/mol. The largest absolute Gasteiger partial charge is 0.462 e. The third kappa shape index (κ3) is 5.17. The maximum absolute atomic E-state index is 13.0. The van der Waals surface area contributed by atoms with Gasteiger partial charge in [0.2, 0.25) is 0 Å². The van der Waals surface area contributed by atoms with Crippen molar-refractivity contribution in [3.8, 4) is 0 Å². The van der Waals surface area contributed by atoms with Crippen LogP contribution in [-0.2, 0) is 25.2 Å². The van der Waals surface area contributed by atoms with E-state index in [9.17, 15) is 22.8 Å². The molecule has 156 valence electrons. The van der Waals surface area contributed by atoms with E-state index in [1.54, 1.807) is 6.92 Å². The molecule has 4 nitrogen and oxygen atoms in total. The first-order valence-electron chi connectivity index (χ1n) is 9.30. The molecule has 1 aliphatic heterocycles. The summed E-state index contributed by atoms with van der Waals surface area (Å²) >= 11 is 0. The first kappa shape index (κ1) is 21.4. The number of carbonyl (C=O) groups is 2. The molecule has 2 aromatic rings. The summed E-state index contributed by atoms with van der Waals surface area (Å²) in [4.78, 5) is 24.7. The van der Waals surface area contributed by atoms with Crippen LogP contribution in [-0.4, -0.2) is 18.5 Å². The molecule has 0 aliphatic carbocycles. The molecule has 30 heavy (non-hydrogen) atoms. The molecule has 2 aromatic carbocycles. The number of halogens is 3. The molecule has 1 atom stereocenters. The summed E-state index contributed by atoms with van der Waals surface area (Å²) in [6, 6.07) is 13.7. The SMILES string of the molecule is CCOC(=O)C(/C=C1/CC(c2ccccc2)OC1=O)=C/c1cccc(C(F)(F)F)c1. The van der Waals surface area contributed by atoms with Crippen LogP contribution in [0.1, 0.15) is 36.1 Å². The molecular formula is C23H19F3O4. The van der Waals surface area contributed by atoms with E-state index < -0.39 is 29.8 Å². The molecule has 0 saturated carbocycles. The van der Waals surface area contributed by atoms with Gasteiger partial charge in [0.25, 0.3) is 0 Å². The minimum atomic E-state index is -4.51. The van der Waals surface area contributed by atoms with E-state index in [-0.39, 0.29) is 29.7 Å². The van der Waals surface area contributed by atoms with Gasteiger partial charge in [-0.3, -0.25) is 0 Å². The van der Waals surface area contributed by atoms with Crippen LogP contribution < -0.4 is 0 Å². The van der Waals surface area contributed by atoms with E-state index in [1.165, 1.54) is 24.3 Å². The van der Waals surface area contributed by atoms with Gasteiger partial charge in [0.1, 0.15) is 6.10 Å². The van der Waals surface area contributed by atoms with Gasteiger partial charge in [-0.15, -0.1) is 0 Å². The average molecular weight is 416 g/mol. The number of ether oxygens (including phenoxy) is 2. The highest BCUT2D eigenvalue weighted by Gasteiger charge is 2.31. The Balaban J connectivity index is 1.94. The maximum atomic E-state index is 13.0. The van der Waals surface area contributed by atoms with Crippen LogP contribution in [0.2, 0.25) is 0 Å². The van der Waals surface area contributed by atoms with Gasteiger partial charge in [-0.05, 0) is 42.3 Å². The van der Waals surface area contributed by atoms with E-state index in [2.05, 4.69) is 0 Å². The van der Waals surface area contributed by atoms with Crippen LogP contribution in [0, 0.1) is 0 Å². The molecule has 0 amide bonds. The van der Waals surface area contributed by atoms with Gasteiger partial charge in [-0.2, -0.15) is 13.2 Å². The molecule has 1 heterocycles. The molecule has 0 N–H and O–H groups in total. The first-order valence-corrected chi connectivity index (χ1v) is 9.30. The highest BCUT2D eigenvalue weighted by Crippen LogP contribution is 2.34. The van der Waals surface area contributed by atoms with Crippen molar-refractivity contribution in [1.82, 2.24) is 0 Å². The van der Waals surface area contributed by atoms with Crippen molar-refractivity contribution in [2.45, 2.75) is 25.6 Å². The minimum absolute atomic E-state index is 0.0307. The molecule has 1 saturated heterocycles. The zero-order chi connectivity index (χ0) is 21.7. The van der Waals surface area contributed by atoms with Gasteiger partial charge in [0.05, 0.1) is 17.7 Å². The normalized spacial score (nSPS) is 18.4. The number of cyclic esters (lactones) is 1. The number of carbonyl (C=O) groups excluding carboxylic acids is 2. The van der Waals surface area contributed by atoms with Gasteiger partial charge < -0.3 is 9.47 Å². The number of hydrogen-bond acceptors (Lipinski definition) is 4. The summed E-state index contributed by atoms with van der Waals surface area (Å²) in [6.45, 7) is 1.70. The van der Waals surface area contributed by atoms with Crippen LogP contribution >= 0.6 is 0 Å². The predicted octanol–water partition coefficient (Wildman–Crippen LogP) is 5.27. The molecule has 7 heteroatoms. The quantitative estimate of drug-likeness (QED) is 0.492. The second-order valence-electron chi connectivity index (χ2n) is 6.62. The Kier molecular flexibility index (Phi) is 6.40. The van der Waals surface area contributed by atoms with Crippen molar-refractivity contribution in [3.05, 3.63) is 88.5 Å². The van der Waals surface area contributed by atoms with Gasteiger partial charge in [-0.25, -0.2) is 9.59 Å². The van der Waals surface area contributed by atoms with E-state index in [0.717, 1.165) is 17.7 Å². The van der Waals surface area contributed by atoms with Crippen LogP contribution in [0.3, 0.4) is 0 Å². The van der Waals surface area contributed by atoms with Gasteiger partial charge in [-0.1, -0.05) is 42.5 Å². The second-order valence-corrected chi connectivity index (χ2v) is 6.62. The average Bonchev–Trinajstić information content (AvgIpc) is 3.08. The van der Waals surface area contributed by atoms with E-state index >= 15 is 0 Å². The molecular weight excluding hydrogens is 397 g/mol. The van der Waals surface area contributed by atoms with Gasteiger partial charge in [0, 0.05) is 12.0 Å². The van der Waals surface area contributed by atoms with Gasteiger partial charge >= 0.3 is 18.1 Å². The summed E-state index contributed by atoms with van der Waals surface area (Å²) in [5.41, 5.74) is 0.355. The number of alkyl halides is 3. The van der Waals surface area contributed by atoms with Crippen LogP contribution in [0.4, 0.5) is 13.2 Å². The third-order valence-corrected chi connectivity index (χ3v) is 4.47. The number of benzene rings is 2. The lowest BCUT2D eigenvalue weighted by Crippen LogP contribution is -2.08. The second kappa shape index (κ2) is 8.98. The van der Waals surface area contributed by atoms with Crippen molar-refractivity contribution in [3.63, 3.8) is 0 Å². The lowest BCUT2D eigenvalue weighted by atomic mass is 10.0. The summed E-state index contributed by atoms with van der Waals surface area (Å²) in [5, 5.41) is 0. The Labute approximate surface area is 171 Å². The molecule has 0 radical (unpaired) electrons. The third-order valence-electron chi connectivity index (χ3n) is 4.47. The zero-order valence-electron chi connectivity index (χ0n) is 16.1. The van der Waals surface area contributed by atoms with E-state index in [1.807, 2.05) is 30.3 Å². The topological polar surface area (TPSA) is 52.6 Å². The first-order chi connectivity index (χ1) is 14.3. The van der Waals surface area contributed by atoms with E-state index in [4.69, 9.17) is 9.47 Å². The number of esters is 2. The Morgan fingerprint density at radius 3 is 2.57 bits per heavy atom. The van der Waals surface area contributed by atoms with E-state index in [0.29, 0.717) is 0 Å². The fourth-order valence-corrected chi connectivity index (χ4v) is 3.05. The summed E-state index contributed by atoms with van der Waals surface area (Å²) in [7, 11) is 0. The lowest BCUT2D eigenvalue weighted by molar-refractivity contribution is -0.139. The Bertz CT molecular complexity index is 991. The van der Waals surface area contributed by atoms with Crippen LogP contribution in [0.25, 0.3) is 6.08 Å². The summed E-state index contributed by atoms with van der Waals surface area (Å²) < 4.78 is 49.3. The van der Waals surface area contributed by atoms with Gasteiger partial charge in [0.15, 0.2) is 0 Å². The maximum Gasteiger partial charge on any atom is 0.416 e. The minimum Gasteiger partial charge on any atom is -0.462 e. The fourth-order valence-electron chi connectivity index (χ4n) is 3.05. The highest BCUT2D eigenvalue weighted by molar-refractivity contribution is 6.00. The molecule has 1 unspecified atom stereocenters. The molecule has 1 aliphatic rings. The summed E-state index contributed by atoms with van der Waals surface area (Å²) in [5.74, 6) is -1.32. The highest BCUT2D eigenvalue weighted by atomic mass is 19.4. The van der Waals surface area contributed by atoms with Crippen LogP contribution in [0.5, 0.6) is 0 Å². The van der Waals surface area contributed by atoms with Crippen molar-refractivity contribution in [2.75, 3.05) is 6.61 Å². The van der Waals surface area contributed by atoms with Crippen molar-refractivity contribution in [1.29, 1.82) is 0 Å². The smallest absolute Gasteiger partial charge is 0.416 e. The lowest BCUT2D eigenvalue weighted by Gasteiger charge is -2.08. The standard InChI is InChI=1S/C23H19F3O4/c1-2-29-21(27)17(11-15-7-6-10-19(12-15)23(24,25)26)13-18-14-20(30-22(18)28)16-8-4-3-5-9-16/h3-13,20H,2,14H2,1H3/b17-11+,18-13-. The number of rotatable bonds is 5. The molecule has 0 aromatic heterocycles. The summed E-state index contributed by atoms with van der Waals surface area (Å²) in [6.07, 6.45) is -2.17. The molecule has 1 fully saturated rings. The molecule has 0 spiro atoms. The van der Waals surface area contributed by atoms with Crippen molar-refractivity contribution < 1.29 is 32.2 Å². The Morgan fingerprint density at radius 1 is 1.17 bits per heavy atom. The predicted molar refractivity (Wildman–Crippen MR) is 104 cm³/mol. The van der Waals surface area contributed by atoms with Crippen molar-refractivity contribution >= 4 is 18.0 Å². The fraction of sp³-hybridized carbons (Fsp3) is 0.217. The molecule has 0 bridgehead atoms. The van der Waals surface area contributed by atoms with Crippen LogP contribution in [0.15, 0.2) is 71.8 Å².